The van der Waals surface area contributed by atoms with Gasteiger partial charge in [0.25, 0.3) is 0 Å². The summed E-state index contributed by atoms with van der Waals surface area (Å²) in [6.07, 6.45) is 2.31. The normalized spacial score (nSPS) is 18.0. The van der Waals surface area contributed by atoms with Crippen molar-refractivity contribution in [2.75, 3.05) is 31.1 Å². The van der Waals surface area contributed by atoms with Crippen LogP contribution in [0.2, 0.25) is 0 Å². The summed E-state index contributed by atoms with van der Waals surface area (Å²) in [5.41, 5.74) is 16.4. The van der Waals surface area contributed by atoms with Gasteiger partial charge in [-0.3, -0.25) is 4.99 Å². The van der Waals surface area contributed by atoms with E-state index >= 15 is 0 Å². The van der Waals surface area contributed by atoms with Crippen molar-refractivity contribution in [3.05, 3.63) is 112 Å². The fourth-order valence-electron chi connectivity index (χ4n) is 8.66. The SMILES string of the molecule is CC(C)(C)c1ccc2c(c1)C1(c3cc(N4CCCN5CCCN=C54)ccc3-2)c2cc(C(C)(C)C)ccc2-c2ccc(C(C)(C)C)cc21. The maximum atomic E-state index is 5.09. The third kappa shape index (κ3) is 4.48. The Morgan fingerprint density at radius 2 is 0.936 bits per heavy atom. The summed E-state index contributed by atoms with van der Waals surface area (Å²) in [6, 6.07) is 29.5. The van der Waals surface area contributed by atoms with E-state index < -0.39 is 5.41 Å². The topological polar surface area (TPSA) is 18.8 Å². The lowest BCUT2D eigenvalue weighted by Gasteiger charge is -2.41. The first-order valence-electron chi connectivity index (χ1n) is 17.9. The molecule has 4 aromatic carbocycles. The molecule has 1 saturated heterocycles. The molecule has 4 aromatic rings. The Kier molecular flexibility index (Phi) is 6.54. The predicted octanol–water partition coefficient (Wildman–Crippen LogP) is 10.2. The third-order valence-electron chi connectivity index (χ3n) is 11.3. The molecule has 1 spiro atoms. The standard InChI is InChI=1S/C44H51N3/c1-41(2,3)28-12-16-32-33-17-13-29(42(4,5)6)25-37(33)44(36(32)24-28)38-26-30(43(7,8)9)14-18-34(38)35-19-15-31(27-39(35)44)47-23-11-22-46-21-10-20-45-40(46)47/h12-19,24-27H,10-11,20-23H2,1-9H3. The number of anilines is 1. The summed E-state index contributed by atoms with van der Waals surface area (Å²) in [5, 5.41) is 0. The quantitative estimate of drug-likeness (QED) is 0.182. The third-order valence-corrected chi connectivity index (χ3v) is 11.3. The molecule has 2 aliphatic carbocycles. The van der Waals surface area contributed by atoms with Crippen molar-refractivity contribution < 1.29 is 0 Å². The van der Waals surface area contributed by atoms with Crippen molar-refractivity contribution in [3.8, 4) is 22.3 Å². The minimum Gasteiger partial charge on any atom is -0.342 e. The van der Waals surface area contributed by atoms with Gasteiger partial charge in [-0.15, -0.1) is 0 Å². The number of aliphatic imine (C=N–C) groups is 1. The zero-order valence-electron chi connectivity index (χ0n) is 30.0. The molecule has 0 atom stereocenters. The Labute approximate surface area is 282 Å². The van der Waals surface area contributed by atoms with Crippen LogP contribution in [0.4, 0.5) is 5.69 Å². The van der Waals surface area contributed by atoms with Gasteiger partial charge in [0.2, 0.25) is 5.96 Å². The van der Waals surface area contributed by atoms with Crippen molar-refractivity contribution in [3.63, 3.8) is 0 Å². The predicted molar refractivity (Wildman–Crippen MR) is 199 cm³/mol. The van der Waals surface area contributed by atoms with Crippen LogP contribution in [0.5, 0.6) is 0 Å². The van der Waals surface area contributed by atoms with Gasteiger partial charge in [0.05, 0.1) is 5.41 Å². The van der Waals surface area contributed by atoms with Crippen molar-refractivity contribution in [1.82, 2.24) is 4.90 Å². The van der Waals surface area contributed by atoms with Crippen molar-refractivity contribution in [2.45, 2.75) is 96.8 Å². The highest BCUT2D eigenvalue weighted by Crippen LogP contribution is 2.64. The lowest BCUT2D eigenvalue weighted by molar-refractivity contribution is 0.360. The van der Waals surface area contributed by atoms with Crippen LogP contribution in [-0.2, 0) is 21.7 Å². The van der Waals surface area contributed by atoms with Gasteiger partial charge in [-0.2, -0.15) is 0 Å². The first-order valence-corrected chi connectivity index (χ1v) is 17.9. The molecule has 0 amide bonds. The summed E-state index contributed by atoms with van der Waals surface area (Å²) < 4.78 is 0. The zero-order valence-corrected chi connectivity index (χ0v) is 30.0. The van der Waals surface area contributed by atoms with Crippen LogP contribution in [0.25, 0.3) is 22.3 Å². The summed E-state index contributed by atoms with van der Waals surface area (Å²) in [6.45, 7) is 25.3. The van der Waals surface area contributed by atoms with Gasteiger partial charge in [-0.25, -0.2) is 0 Å². The molecule has 242 valence electrons. The molecule has 3 heteroatoms. The van der Waals surface area contributed by atoms with Crippen LogP contribution in [-0.4, -0.2) is 37.0 Å². The number of nitrogens with zero attached hydrogens (tertiary/aromatic N) is 3. The van der Waals surface area contributed by atoms with E-state index in [2.05, 4.69) is 145 Å². The molecule has 2 aliphatic heterocycles. The molecule has 0 unspecified atom stereocenters. The summed E-state index contributed by atoms with van der Waals surface area (Å²) in [7, 11) is 0. The van der Waals surface area contributed by atoms with Gasteiger partial charge in [0.1, 0.15) is 0 Å². The summed E-state index contributed by atoms with van der Waals surface area (Å²) in [4.78, 5) is 10.1. The molecule has 0 bridgehead atoms. The van der Waals surface area contributed by atoms with Crippen LogP contribution in [0.15, 0.2) is 77.8 Å². The van der Waals surface area contributed by atoms with E-state index in [1.165, 1.54) is 72.8 Å². The number of rotatable bonds is 1. The maximum Gasteiger partial charge on any atom is 0.201 e. The van der Waals surface area contributed by atoms with Crippen LogP contribution in [0.3, 0.4) is 0 Å². The van der Waals surface area contributed by atoms with E-state index in [0.29, 0.717) is 0 Å². The summed E-state index contributed by atoms with van der Waals surface area (Å²) >= 11 is 0. The second-order valence-corrected chi connectivity index (χ2v) is 17.5. The summed E-state index contributed by atoms with van der Waals surface area (Å²) in [5.74, 6) is 1.17. The molecule has 1 fully saturated rings. The van der Waals surface area contributed by atoms with E-state index in [1.54, 1.807) is 0 Å². The van der Waals surface area contributed by atoms with Crippen LogP contribution < -0.4 is 4.90 Å². The highest BCUT2D eigenvalue weighted by atomic mass is 15.4. The van der Waals surface area contributed by atoms with E-state index in [4.69, 9.17) is 4.99 Å². The lowest BCUT2D eigenvalue weighted by Crippen LogP contribution is -2.52. The van der Waals surface area contributed by atoms with E-state index in [0.717, 1.165) is 39.0 Å². The van der Waals surface area contributed by atoms with Crippen LogP contribution in [0, 0.1) is 0 Å². The van der Waals surface area contributed by atoms with Gasteiger partial charge in [-0.05, 0) is 102 Å². The van der Waals surface area contributed by atoms with E-state index in [1.807, 2.05) is 0 Å². The number of guanidine groups is 1. The van der Waals surface area contributed by atoms with Gasteiger partial charge in [-0.1, -0.05) is 123 Å². The molecule has 47 heavy (non-hydrogen) atoms. The number of benzene rings is 4. The molecule has 3 nitrogen and oxygen atoms in total. The van der Waals surface area contributed by atoms with Crippen LogP contribution >= 0.6 is 0 Å². The number of hydrogen-bond acceptors (Lipinski definition) is 3. The molecular weight excluding hydrogens is 571 g/mol. The van der Waals surface area contributed by atoms with E-state index in [-0.39, 0.29) is 16.2 Å². The smallest absolute Gasteiger partial charge is 0.201 e. The number of hydrogen-bond donors (Lipinski definition) is 0. The highest BCUT2D eigenvalue weighted by Gasteiger charge is 2.53. The average Bonchev–Trinajstić information content (AvgIpc) is 3.49. The molecule has 8 rings (SSSR count). The Balaban J connectivity index is 1.48. The van der Waals surface area contributed by atoms with Gasteiger partial charge in [0, 0.05) is 31.9 Å². The second kappa shape index (κ2) is 10.1. The Morgan fingerprint density at radius 3 is 1.40 bits per heavy atom. The molecule has 0 N–H and O–H groups in total. The second-order valence-electron chi connectivity index (χ2n) is 17.5. The fourth-order valence-corrected chi connectivity index (χ4v) is 8.66. The van der Waals surface area contributed by atoms with Crippen molar-refractivity contribution >= 4 is 11.6 Å². The average molecular weight is 622 g/mol. The lowest BCUT2D eigenvalue weighted by atomic mass is 9.68. The molecular formula is C44H51N3. The Morgan fingerprint density at radius 1 is 0.511 bits per heavy atom. The van der Waals surface area contributed by atoms with Gasteiger partial charge >= 0.3 is 0 Å². The zero-order chi connectivity index (χ0) is 33.1. The highest BCUT2D eigenvalue weighted by molar-refractivity contribution is 6.00. The van der Waals surface area contributed by atoms with Gasteiger partial charge < -0.3 is 9.80 Å². The van der Waals surface area contributed by atoms with Crippen molar-refractivity contribution in [1.29, 1.82) is 0 Å². The van der Waals surface area contributed by atoms with Crippen molar-refractivity contribution in [2.24, 2.45) is 4.99 Å². The Hall–Kier alpha value is -3.85. The first-order chi connectivity index (χ1) is 22.2. The molecule has 2 heterocycles. The monoisotopic (exact) mass is 621 g/mol. The minimum atomic E-state index is -0.404. The minimum absolute atomic E-state index is 0.0390. The molecule has 0 radical (unpaired) electrons. The molecule has 0 saturated carbocycles. The fraction of sp³-hybridized carbons (Fsp3) is 0.432. The van der Waals surface area contributed by atoms with Crippen LogP contribution in [0.1, 0.15) is 114 Å². The largest absolute Gasteiger partial charge is 0.342 e. The maximum absolute atomic E-state index is 5.09. The Bertz CT molecular complexity index is 1850. The number of fused-ring (bicyclic) bond motifs is 11. The van der Waals surface area contributed by atoms with Gasteiger partial charge in [0.15, 0.2) is 0 Å². The molecule has 0 aromatic heterocycles. The first kappa shape index (κ1) is 30.5. The molecule has 4 aliphatic rings. The van der Waals surface area contributed by atoms with E-state index in [9.17, 15) is 0 Å².